The van der Waals surface area contributed by atoms with Crippen molar-refractivity contribution < 1.29 is 9.53 Å². The standard InChI is InChI=1S/C34H37N5O2/c1-34(2,3)41-33(40)39-20-6-9-30(39)32-35-21-28(37-32)19-12-23-10-13-24(14-11-23)25-15-17-26(18-16-25)29-22-36-31(38-29)27-7-4-5-8-27/h10-11,13-18,21-22,27,30H,4-9,20H2,1-3H3,(H,35,37)(H,36,38)/t30-/m0/s1. The maximum absolute atomic E-state index is 12.6. The van der Waals surface area contributed by atoms with Crippen LogP contribution in [0.1, 0.15) is 94.2 Å². The van der Waals surface area contributed by atoms with Crippen molar-refractivity contribution in [3.63, 3.8) is 0 Å². The Balaban J connectivity index is 1.09. The average molecular weight is 548 g/mol. The summed E-state index contributed by atoms with van der Waals surface area (Å²) in [6.45, 7) is 6.31. The van der Waals surface area contributed by atoms with E-state index in [1.54, 1.807) is 11.1 Å². The fourth-order valence-corrected chi connectivity index (χ4v) is 5.78. The number of amides is 1. The Bertz CT molecular complexity index is 1560. The van der Waals surface area contributed by atoms with Gasteiger partial charge in [-0.1, -0.05) is 55.2 Å². The molecular weight excluding hydrogens is 510 g/mol. The van der Waals surface area contributed by atoms with Crippen LogP contribution in [-0.2, 0) is 4.74 Å². The summed E-state index contributed by atoms with van der Waals surface area (Å²) in [6, 6.07) is 16.8. The molecule has 0 unspecified atom stereocenters. The van der Waals surface area contributed by atoms with Gasteiger partial charge < -0.3 is 14.7 Å². The minimum atomic E-state index is -0.526. The topological polar surface area (TPSA) is 86.9 Å². The van der Waals surface area contributed by atoms with Crippen LogP contribution in [0.5, 0.6) is 0 Å². The molecule has 1 aliphatic carbocycles. The number of carbonyl (C=O) groups is 1. The summed E-state index contributed by atoms with van der Waals surface area (Å²) < 4.78 is 5.58. The summed E-state index contributed by atoms with van der Waals surface area (Å²) >= 11 is 0. The summed E-state index contributed by atoms with van der Waals surface area (Å²) in [7, 11) is 0. The van der Waals surface area contributed by atoms with Gasteiger partial charge in [-0.2, -0.15) is 0 Å². The van der Waals surface area contributed by atoms with E-state index in [4.69, 9.17) is 4.74 Å². The second-order valence-electron chi connectivity index (χ2n) is 12.1. The normalized spacial score (nSPS) is 17.4. The Morgan fingerprint density at radius 1 is 0.829 bits per heavy atom. The number of imidazole rings is 2. The van der Waals surface area contributed by atoms with Crippen molar-refractivity contribution in [3.8, 4) is 34.2 Å². The van der Waals surface area contributed by atoms with E-state index in [-0.39, 0.29) is 12.1 Å². The number of ether oxygens (including phenoxy) is 1. The number of H-pyrrole nitrogens is 2. The minimum absolute atomic E-state index is 0.117. The number of hydrogen-bond donors (Lipinski definition) is 2. The molecule has 7 heteroatoms. The van der Waals surface area contributed by atoms with Crippen molar-refractivity contribution in [1.29, 1.82) is 0 Å². The van der Waals surface area contributed by atoms with E-state index >= 15 is 0 Å². The summed E-state index contributed by atoms with van der Waals surface area (Å²) in [5.41, 5.74) is 5.66. The highest BCUT2D eigenvalue weighted by Crippen LogP contribution is 2.34. The highest BCUT2D eigenvalue weighted by molar-refractivity contribution is 5.70. The molecule has 1 saturated carbocycles. The van der Waals surface area contributed by atoms with E-state index in [0.29, 0.717) is 12.5 Å². The molecule has 2 aliphatic rings. The zero-order valence-electron chi connectivity index (χ0n) is 24.0. The highest BCUT2D eigenvalue weighted by atomic mass is 16.6. The Kier molecular flexibility index (Phi) is 7.40. The highest BCUT2D eigenvalue weighted by Gasteiger charge is 2.34. The van der Waals surface area contributed by atoms with Gasteiger partial charge in [0.05, 0.1) is 24.1 Å². The number of hydrogen-bond acceptors (Lipinski definition) is 4. The largest absolute Gasteiger partial charge is 0.444 e. The first-order valence-electron chi connectivity index (χ1n) is 14.6. The predicted molar refractivity (Wildman–Crippen MR) is 160 cm³/mol. The van der Waals surface area contributed by atoms with Gasteiger partial charge in [0.1, 0.15) is 22.9 Å². The van der Waals surface area contributed by atoms with Crippen LogP contribution in [0.4, 0.5) is 4.79 Å². The third-order valence-corrected chi connectivity index (χ3v) is 7.88. The molecule has 1 aliphatic heterocycles. The van der Waals surface area contributed by atoms with Gasteiger partial charge >= 0.3 is 6.09 Å². The van der Waals surface area contributed by atoms with Gasteiger partial charge in [0, 0.05) is 18.0 Å². The van der Waals surface area contributed by atoms with Crippen molar-refractivity contribution in [3.05, 3.63) is 83.8 Å². The maximum Gasteiger partial charge on any atom is 0.410 e. The van der Waals surface area contributed by atoms with Crippen LogP contribution in [-0.4, -0.2) is 43.1 Å². The first-order valence-corrected chi connectivity index (χ1v) is 14.6. The second-order valence-corrected chi connectivity index (χ2v) is 12.1. The third kappa shape index (κ3) is 6.22. The van der Waals surface area contributed by atoms with Crippen molar-refractivity contribution in [2.45, 2.75) is 76.9 Å². The molecule has 0 radical (unpaired) electrons. The van der Waals surface area contributed by atoms with Gasteiger partial charge in [0.25, 0.3) is 0 Å². The van der Waals surface area contributed by atoms with E-state index in [0.717, 1.165) is 58.1 Å². The molecule has 0 spiro atoms. The summed E-state index contributed by atoms with van der Waals surface area (Å²) in [4.78, 5) is 30.4. The number of aromatic nitrogens is 4. The van der Waals surface area contributed by atoms with Crippen LogP contribution in [0.3, 0.4) is 0 Å². The Hall–Kier alpha value is -4.31. The molecule has 6 rings (SSSR count). The predicted octanol–water partition coefficient (Wildman–Crippen LogP) is 7.60. The van der Waals surface area contributed by atoms with Crippen LogP contribution in [0.2, 0.25) is 0 Å². The van der Waals surface area contributed by atoms with E-state index in [9.17, 15) is 4.79 Å². The lowest BCUT2D eigenvalue weighted by Crippen LogP contribution is -2.36. The number of carbonyl (C=O) groups excluding carboxylic acids is 1. The lowest BCUT2D eigenvalue weighted by atomic mass is 10.0. The molecule has 1 atom stereocenters. The van der Waals surface area contributed by atoms with E-state index in [2.05, 4.69) is 68.2 Å². The minimum Gasteiger partial charge on any atom is -0.444 e. The van der Waals surface area contributed by atoms with E-state index in [1.165, 1.54) is 25.7 Å². The number of nitrogens with one attached hydrogen (secondary N) is 2. The number of benzene rings is 2. The lowest BCUT2D eigenvalue weighted by Gasteiger charge is -2.27. The quantitative estimate of drug-likeness (QED) is 0.258. The van der Waals surface area contributed by atoms with E-state index in [1.807, 2.05) is 39.1 Å². The lowest BCUT2D eigenvalue weighted by molar-refractivity contribution is 0.0218. The molecule has 2 aromatic heterocycles. The van der Waals surface area contributed by atoms with Crippen LogP contribution >= 0.6 is 0 Å². The maximum atomic E-state index is 12.6. The first kappa shape index (κ1) is 26.9. The third-order valence-electron chi connectivity index (χ3n) is 7.88. The molecule has 2 fully saturated rings. The van der Waals surface area contributed by atoms with Gasteiger partial charge in [-0.05, 0) is 81.2 Å². The zero-order chi connectivity index (χ0) is 28.4. The summed E-state index contributed by atoms with van der Waals surface area (Å²) in [6.07, 6.45) is 10.3. The monoisotopic (exact) mass is 547 g/mol. The fraction of sp³-hybridized carbons (Fsp3) is 0.382. The number of aromatic amines is 2. The molecule has 4 aromatic rings. The van der Waals surface area contributed by atoms with E-state index < -0.39 is 5.60 Å². The van der Waals surface area contributed by atoms with Crippen molar-refractivity contribution in [2.24, 2.45) is 0 Å². The van der Waals surface area contributed by atoms with Crippen LogP contribution in [0.15, 0.2) is 60.9 Å². The summed E-state index contributed by atoms with van der Waals surface area (Å²) in [5.74, 6) is 8.88. The molecule has 3 heterocycles. The van der Waals surface area contributed by atoms with Gasteiger partial charge in [0.2, 0.25) is 0 Å². The fourth-order valence-electron chi connectivity index (χ4n) is 5.78. The van der Waals surface area contributed by atoms with Crippen molar-refractivity contribution >= 4 is 6.09 Å². The molecule has 1 amide bonds. The number of likely N-dealkylation sites (tertiary alicyclic amines) is 1. The van der Waals surface area contributed by atoms with Gasteiger partial charge in [0.15, 0.2) is 0 Å². The Morgan fingerprint density at radius 3 is 2.20 bits per heavy atom. The second kappa shape index (κ2) is 11.3. The molecule has 2 aromatic carbocycles. The van der Waals surface area contributed by atoms with Gasteiger partial charge in [-0.25, -0.2) is 14.8 Å². The smallest absolute Gasteiger partial charge is 0.410 e. The van der Waals surface area contributed by atoms with Gasteiger partial charge in [-0.15, -0.1) is 0 Å². The van der Waals surface area contributed by atoms with Gasteiger partial charge in [-0.3, -0.25) is 4.90 Å². The van der Waals surface area contributed by atoms with Crippen molar-refractivity contribution in [2.75, 3.05) is 6.54 Å². The molecule has 2 N–H and O–H groups in total. The first-order chi connectivity index (χ1) is 19.8. The number of rotatable bonds is 4. The van der Waals surface area contributed by atoms with Crippen LogP contribution in [0.25, 0.3) is 22.4 Å². The molecule has 41 heavy (non-hydrogen) atoms. The molecule has 0 bridgehead atoms. The van der Waals surface area contributed by atoms with Crippen LogP contribution in [0, 0.1) is 11.8 Å². The molecular formula is C34H37N5O2. The average Bonchev–Trinajstić information content (AvgIpc) is 3.78. The summed E-state index contributed by atoms with van der Waals surface area (Å²) in [5, 5.41) is 0. The molecule has 210 valence electrons. The Labute approximate surface area is 241 Å². The Morgan fingerprint density at radius 2 is 1.49 bits per heavy atom. The molecule has 1 saturated heterocycles. The zero-order valence-corrected chi connectivity index (χ0v) is 24.0. The SMILES string of the molecule is CC(C)(C)OC(=O)N1CCC[C@H]1c1ncc(C#Cc2ccc(-c3ccc(-c4cnc(C5CCCC5)[nH]4)cc3)cc2)[nH]1. The molecule has 7 nitrogen and oxygen atoms in total. The van der Waals surface area contributed by atoms with Crippen molar-refractivity contribution in [1.82, 2.24) is 24.8 Å². The number of nitrogens with zero attached hydrogens (tertiary/aromatic N) is 3. The van der Waals surface area contributed by atoms with Crippen LogP contribution < -0.4 is 0 Å².